The Labute approximate surface area is 113 Å². The van der Waals surface area contributed by atoms with Crippen LogP contribution in [0.2, 0.25) is 0 Å². The number of likely N-dealkylation sites (tertiary alicyclic amines) is 1. The van der Waals surface area contributed by atoms with E-state index in [0.29, 0.717) is 12.5 Å². The fraction of sp³-hybridized carbons (Fsp3) is 0.727. The Morgan fingerprint density at radius 3 is 2.84 bits per heavy atom. The summed E-state index contributed by atoms with van der Waals surface area (Å²) < 4.78 is 28.4. The Kier molecular flexibility index (Phi) is 4.12. The first-order valence-corrected chi connectivity index (χ1v) is 7.91. The lowest BCUT2D eigenvalue weighted by molar-refractivity contribution is 0.342. The Morgan fingerprint density at radius 2 is 2.32 bits per heavy atom. The van der Waals surface area contributed by atoms with Crippen LogP contribution >= 0.6 is 0 Å². The van der Waals surface area contributed by atoms with E-state index in [0.717, 1.165) is 26.1 Å². The summed E-state index contributed by atoms with van der Waals surface area (Å²) in [6.07, 6.45) is 2.43. The maximum Gasteiger partial charge on any atom is 0.260 e. The summed E-state index contributed by atoms with van der Waals surface area (Å²) in [6.45, 7) is 5.56. The minimum atomic E-state index is -3.58. The summed E-state index contributed by atoms with van der Waals surface area (Å²) in [7, 11) is -1.97. The molecule has 0 spiro atoms. The van der Waals surface area contributed by atoms with Gasteiger partial charge < -0.3 is 15.2 Å². The average molecular weight is 287 g/mol. The second-order valence-electron chi connectivity index (χ2n) is 4.95. The third kappa shape index (κ3) is 3.07. The lowest BCUT2D eigenvalue weighted by Crippen LogP contribution is -2.32. The number of hydrogen-bond donors (Lipinski definition) is 2. The van der Waals surface area contributed by atoms with Crippen LogP contribution in [-0.4, -0.2) is 49.0 Å². The first-order valence-electron chi connectivity index (χ1n) is 6.43. The fourth-order valence-electron chi connectivity index (χ4n) is 2.43. The zero-order valence-electron chi connectivity index (χ0n) is 11.3. The number of sulfonamides is 1. The van der Waals surface area contributed by atoms with Gasteiger partial charge in [-0.25, -0.2) is 18.1 Å². The number of nitrogens with zero attached hydrogens (tertiary/aromatic N) is 3. The highest BCUT2D eigenvalue weighted by Gasteiger charge is 2.26. The van der Waals surface area contributed by atoms with Gasteiger partial charge in [-0.2, -0.15) is 0 Å². The molecule has 0 aliphatic carbocycles. The predicted molar refractivity (Wildman–Crippen MR) is 73.0 cm³/mol. The van der Waals surface area contributed by atoms with Crippen LogP contribution in [0.1, 0.15) is 13.3 Å². The number of anilines is 1. The van der Waals surface area contributed by atoms with E-state index in [4.69, 9.17) is 5.73 Å². The van der Waals surface area contributed by atoms with Gasteiger partial charge in [0.25, 0.3) is 10.0 Å². The SMILES string of the molecule is CCN1CCC(CNS(=O)(=O)c2c(N)ncn2C)C1. The van der Waals surface area contributed by atoms with Crippen molar-refractivity contribution in [2.75, 3.05) is 31.9 Å². The number of nitrogens with two attached hydrogens (primary N) is 1. The molecule has 0 saturated carbocycles. The molecule has 1 atom stereocenters. The molecule has 2 rings (SSSR count). The Hall–Kier alpha value is -1.12. The van der Waals surface area contributed by atoms with Crippen LogP contribution in [0.4, 0.5) is 5.82 Å². The van der Waals surface area contributed by atoms with Gasteiger partial charge in [0.15, 0.2) is 10.8 Å². The Bertz CT molecular complexity index is 520. The number of nitrogens with one attached hydrogen (secondary N) is 1. The van der Waals surface area contributed by atoms with Gasteiger partial charge in [-0.3, -0.25) is 0 Å². The Morgan fingerprint density at radius 1 is 1.58 bits per heavy atom. The summed E-state index contributed by atoms with van der Waals surface area (Å²) in [5, 5.41) is 0.0397. The molecular weight excluding hydrogens is 266 g/mol. The van der Waals surface area contributed by atoms with Crippen LogP contribution in [0, 0.1) is 5.92 Å². The maximum atomic E-state index is 12.2. The minimum Gasteiger partial charge on any atom is -0.381 e. The van der Waals surface area contributed by atoms with Crippen molar-refractivity contribution < 1.29 is 8.42 Å². The molecule has 1 fully saturated rings. The molecule has 0 bridgehead atoms. The zero-order chi connectivity index (χ0) is 14.0. The number of aromatic nitrogens is 2. The molecule has 0 radical (unpaired) electrons. The summed E-state index contributed by atoms with van der Waals surface area (Å²) in [5.41, 5.74) is 5.60. The lowest BCUT2D eigenvalue weighted by Gasteiger charge is -2.14. The van der Waals surface area contributed by atoms with Crippen LogP contribution in [0.25, 0.3) is 0 Å². The standard InChI is InChI=1S/C11H21N5O2S/c1-3-16-5-4-9(7-16)6-14-19(17,18)11-10(12)13-8-15(11)2/h8-9,14H,3-7,12H2,1-2H3. The second kappa shape index (κ2) is 5.48. The van der Waals surface area contributed by atoms with Crippen molar-refractivity contribution in [2.24, 2.45) is 13.0 Å². The predicted octanol–water partition coefficient (Wildman–Crippen LogP) is -0.378. The van der Waals surface area contributed by atoms with E-state index in [1.807, 2.05) is 0 Å². The van der Waals surface area contributed by atoms with Crippen LogP contribution < -0.4 is 10.5 Å². The molecule has 0 amide bonds. The van der Waals surface area contributed by atoms with E-state index in [-0.39, 0.29) is 10.8 Å². The van der Waals surface area contributed by atoms with E-state index < -0.39 is 10.0 Å². The largest absolute Gasteiger partial charge is 0.381 e. The zero-order valence-corrected chi connectivity index (χ0v) is 12.2. The fourth-order valence-corrected chi connectivity index (χ4v) is 3.77. The van der Waals surface area contributed by atoms with E-state index in [1.54, 1.807) is 7.05 Å². The van der Waals surface area contributed by atoms with Gasteiger partial charge in [-0.05, 0) is 25.4 Å². The second-order valence-corrected chi connectivity index (χ2v) is 6.63. The van der Waals surface area contributed by atoms with Crippen molar-refractivity contribution in [2.45, 2.75) is 18.4 Å². The summed E-state index contributed by atoms with van der Waals surface area (Å²) >= 11 is 0. The highest BCUT2D eigenvalue weighted by Crippen LogP contribution is 2.18. The molecule has 108 valence electrons. The van der Waals surface area contributed by atoms with Crippen molar-refractivity contribution in [3.8, 4) is 0 Å². The molecule has 3 N–H and O–H groups in total. The van der Waals surface area contributed by atoms with Gasteiger partial charge in [0.2, 0.25) is 0 Å². The summed E-state index contributed by atoms with van der Waals surface area (Å²) in [5.74, 6) is 0.404. The first-order chi connectivity index (χ1) is 8.94. The number of imidazole rings is 1. The molecule has 1 saturated heterocycles. The van der Waals surface area contributed by atoms with E-state index in [1.165, 1.54) is 10.9 Å². The molecule has 1 aliphatic heterocycles. The third-order valence-electron chi connectivity index (χ3n) is 3.54. The molecule has 1 aliphatic rings. The van der Waals surface area contributed by atoms with Crippen molar-refractivity contribution in [3.05, 3.63) is 6.33 Å². The quantitative estimate of drug-likeness (QED) is 0.770. The number of aryl methyl sites for hydroxylation is 1. The number of nitrogen functional groups attached to an aromatic ring is 1. The normalized spacial score (nSPS) is 21.1. The smallest absolute Gasteiger partial charge is 0.260 e. The first kappa shape index (κ1) is 14.3. The molecule has 1 aromatic rings. The van der Waals surface area contributed by atoms with E-state index in [9.17, 15) is 8.42 Å². The average Bonchev–Trinajstić information content (AvgIpc) is 2.94. The van der Waals surface area contributed by atoms with Gasteiger partial charge in [-0.15, -0.1) is 0 Å². The highest BCUT2D eigenvalue weighted by molar-refractivity contribution is 7.89. The summed E-state index contributed by atoms with van der Waals surface area (Å²) in [6, 6.07) is 0. The molecule has 1 unspecified atom stereocenters. The highest BCUT2D eigenvalue weighted by atomic mass is 32.2. The van der Waals surface area contributed by atoms with Crippen molar-refractivity contribution in [3.63, 3.8) is 0 Å². The molecule has 1 aromatic heterocycles. The molecule has 8 heteroatoms. The molecule has 0 aromatic carbocycles. The molecule has 2 heterocycles. The number of hydrogen-bond acceptors (Lipinski definition) is 5. The summed E-state index contributed by atoms with van der Waals surface area (Å²) in [4.78, 5) is 6.12. The van der Waals surface area contributed by atoms with Crippen molar-refractivity contribution >= 4 is 15.8 Å². The topological polar surface area (TPSA) is 93.2 Å². The molecule has 7 nitrogen and oxygen atoms in total. The minimum absolute atomic E-state index is 0.0385. The van der Waals surface area contributed by atoms with Crippen LogP contribution in [0.3, 0.4) is 0 Å². The van der Waals surface area contributed by atoms with Gasteiger partial charge in [0, 0.05) is 20.1 Å². The lowest BCUT2D eigenvalue weighted by atomic mass is 10.1. The molecular formula is C11H21N5O2S. The Balaban J connectivity index is 1.99. The van der Waals surface area contributed by atoms with Crippen molar-refractivity contribution in [1.82, 2.24) is 19.2 Å². The van der Waals surface area contributed by atoms with Gasteiger partial charge in [0.1, 0.15) is 0 Å². The van der Waals surface area contributed by atoms with Crippen LogP contribution in [-0.2, 0) is 17.1 Å². The third-order valence-corrected chi connectivity index (χ3v) is 5.10. The van der Waals surface area contributed by atoms with E-state index >= 15 is 0 Å². The van der Waals surface area contributed by atoms with Crippen molar-refractivity contribution in [1.29, 1.82) is 0 Å². The van der Waals surface area contributed by atoms with Gasteiger partial charge in [-0.1, -0.05) is 6.92 Å². The van der Waals surface area contributed by atoms with Gasteiger partial charge in [0.05, 0.1) is 6.33 Å². The number of rotatable bonds is 5. The maximum absolute atomic E-state index is 12.2. The van der Waals surface area contributed by atoms with Crippen LogP contribution in [0.15, 0.2) is 11.4 Å². The van der Waals surface area contributed by atoms with Gasteiger partial charge >= 0.3 is 0 Å². The molecule has 19 heavy (non-hydrogen) atoms. The monoisotopic (exact) mass is 287 g/mol. The van der Waals surface area contributed by atoms with Crippen LogP contribution in [0.5, 0.6) is 0 Å². The van der Waals surface area contributed by atoms with E-state index in [2.05, 4.69) is 21.5 Å².